The van der Waals surface area contributed by atoms with Gasteiger partial charge in [0, 0.05) is 19.6 Å². The van der Waals surface area contributed by atoms with Gasteiger partial charge < -0.3 is 5.32 Å². The summed E-state index contributed by atoms with van der Waals surface area (Å²) in [5, 5.41) is 2.67. The largest absolute Gasteiger partial charge is 0.352 e. The van der Waals surface area contributed by atoms with E-state index in [1.165, 1.54) is 22.5 Å². The summed E-state index contributed by atoms with van der Waals surface area (Å²) in [5.74, 6) is -1.02. The third-order valence-electron chi connectivity index (χ3n) is 4.44. The van der Waals surface area contributed by atoms with Gasteiger partial charge in [0.1, 0.15) is 5.82 Å². The number of nitrogens with zero attached hydrogens (tertiary/aromatic N) is 1. The Balaban J connectivity index is 1.56. The number of hydrogen-bond donors (Lipinski definition) is 1. The third-order valence-corrected chi connectivity index (χ3v) is 6.36. The number of rotatable bonds is 6. The fraction of sp³-hybridized carbons (Fsp3) is 0.316. The number of amides is 1. The van der Waals surface area contributed by atoms with E-state index in [0.717, 1.165) is 18.4 Å². The molecule has 138 valence electrons. The van der Waals surface area contributed by atoms with Crippen LogP contribution < -0.4 is 5.32 Å². The van der Waals surface area contributed by atoms with Gasteiger partial charge in [-0.2, -0.15) is 4.31 Å². The molecule has 2 aromatic rings. The van der Waals surface area contributed by atoms with Crippen molar-refractivity contribution in [3.8, 4) is 0 Å². The van der Waals surface area contributed by atoms with E-state index >= 15 is 0 Å². The molecule has 0 aliphatic carbocycles. The third kappa shape index (κ3) is 4.11. The Morgan fingerprint density at radius 2 is 1.69 bits per heavy atom. The van der Waals surface area contributed by atoms with Crippen molar-refractivity contribution in [2.24, 2.45) is 0 Å². The lowest BCUT2D eigenvalue weighted by atomic mass is 10.1. The molecule has 0 radical (unpaired) electrons. The summed E-state index contributed by atoms with van der Waals surface area (Å²) >= 11 is 0. The Morgan fingerprint density at radius 3 is 2.35 bits per heavy atom. The topological polar surface area (TPSA) is 66.5 Å². The quantitative estimate of drug-likeness (QED) is 0.843. The van der Waals surface area contributed by atoms with Crippen LogP contribution in [0, 0.1) is 5.82 Å². The SMILES string of the molecule is O=C(NCCc1ccc(S(=O)(=O)N2CCCC2)cc1)c1ccccc1F. The molecule has 1 aliphatic heterocycles. The van der Waals surface area contributed by atoms with E-state index in [0.29, 0.717) is 31.0 Å². The Labute approximate surface area is 152 Å². The molecule has 1 fully saturated rings. The Morgan fingerprint density at radius 1 is 1.04 bits per heavy atom. The highest BCUT2D eigenvalue weighted by Gasteiger charge is 2.26. The maximum atomic E-state index is 13.6. The maximum absolute atomic E-state index is 13.6. The molecule has 1 heterocycles. The highest BCUT2D eigenvalue weighted by molar-refractivity contribution is 7.89. The number of benzene rings is 2. The van der Waals surface area contributed by atoms with Crippen LogP contribution in [0.4, 0.5) is 4.39 Å². The normalized spacial score (nSPS) is 15.1. The van der Waals surface area contributed by atoms with Crippen molar-refractivity contribution in [1.29, 1.82) is 0 Å². The van der Waals surface area contributed by atoms with E-state index in [1.807, 2.05) is 0 Å². The van der Waals surface area contributed by atoms with E-state index in [2.05, 4.69) is 5.32 Å². The molecule has 1 N–H and O–H groups in total. The van der Waals surface area contributed by atoms with Gasteiger partial charge in [-0.3, -0.25) is 4.79 Å². The number of sulfonamides is 1. The number of hydrogen-bond acceptors (Lipinski definition) is 3. The monoisotopic (exact) mass is 376 g/mol. The van der Waals surface area contributed by atoms with Crippen molar-refractivity contribution < 1.29 is 17.6 Å². The van der Waals surface area contributed by atoms with Crippen molar-refractivity contribution in [2.45, 2.75) is 24.2 Å². The molecule has 1 aliphatic rings. The number of carbonyl (C=O) groups is 1. The average molecular weight is 376 g/mol. The molecule has 3 rings (SSSR count). The van der Waals surface area contributed by atoms with Crippen molar-refractivity contribution in [3.63, 3.8) is 0 Å². The first-order valence-corrected chi connectivity index (χ1v) is 10.0. The molecular weight excluding hydrogens is 355 g/mol. The fourth-order valence-corrected chi connectivity index (χ4v) is 4.48. The maximum Gasteiger partial charge on any atom is 0.254 e. The molecule has 7 heteroatoms. The highest BCUT2D eigenvalue weighted by Crippen LogP contribution is 2.21. The van der Waals surface area contributed by atoms with Gasteiger partial charge in [-0.1, -0.05) is 24.3 Å². The molecule has 1 saturated heterocycles. The summed E-state index contributed by atoms with van der Waals surface area (Å²) in [6.07, 6.45) is 2.34. The first-order valence-electron chi connectivity index (χ1n) is 8.60. The number of carbonyl (C=O) groups excluding carboxylic acids is 1. The van der Waals surface area contributed by atoms with Crippen LogP contribution >= 0.6 is 0 Å². The molecule has 5 nitrogen and oxygen atoms in total. The lowest BCUT2D eigenvalue weighted by Crippen LogP contribution is -2.28. The van der Waals surface area contributed by atoms with Gasteiger partial charge in [0.05, 0.1) is 10.5 Å². The van der Waals surface area contributed by atoms with Crippen molar-refractivity contribution in [3.05, 3.63) is 65.5 Å². The standard InChI is InChI=1S/C19H21FN2O3S/c20-18-6-2-1-5-17(18)19(23)21-12-11-15-7-9-16(10-8-15)26(24,25)22-13-3-4-14-22/h1-2,5-10H,3-4,11-14H2,(H,21,23). The molecule has 0 aromatic heterocycles. The summed E-state index contributed by atoms with van der Waals surface area (Å²) in [6, 6.07) is 12.5. The average Bonchev–Trinajstić information content (AvgIpc) is 3.18. The second-order valence-electron chi connectivity index (χ2n) is 6.24. The summed E-state index contributed by atoms with van der Waals surface area (Å²) in [5.41, 5.74) is 0.916. The smallest absolute Gasteiger partial charge is 0.254 e. The lowest BCUT2D eigenvalue weighted by molar-refractivity contribution is 0.0950. The Kier molecular flexibility index (Phi) is 5.68. The van der Waals surface area contributed by atoms with Gasteiger partial charge in [-0.05, 0) is 49.1 Å². The molecule has 1 amide bonds. The van der Waals surface area contributed by atoms with Crippen LogP contribution in [0.1, 0.15) is 28.8 Å². The van der Waals surface area contributed by atoms with Crippen molar-refractivity contribution in [1.82, 2.24) is 9.62 Å². The second-order valence-corrected chi connectivity index (χ2v) is 8.18. The predicted molar refractivity (Wildman–Crippen MR) is 96.9 cm³/mol. The van der Waals surface area contributed by atoms with Gasteiger partial charge in [0.2, 0.25) is 10.0 Å². The first kappa shape index (κ1) is 18.5. The zero-order valence-corrected chi connectivity index (χ0v) is 15.1. The minimum Gasteiger partial charge on any atom is -0.352 e. The number of halogens is 1. The van der Waals surface area contributed by atoms with Crippen molar-refractivity contribution >= 4 is 15.9 Å². The summed E-state index contributed by atoms with van der Waals surface area (Å²) < 4.78 is 40.0. The molecule has 2 aromatic carbocycles. The van der Waals surface area contributed by atoms with Crippen LogP contribution in [0.2, 0.25) is 0 Å². The van der Waals surface area contributed by atoms with E-state index < -0.39 is 21.7 Å². The summed E-state index contributed by atoms with van der Waals surface area (Å²) in [6.45, 7) is 1.49. The summed E-state index contributed by atoms with van der Waals surface area (Å²) in [4.78, 5) is 12.2. The molecule has 0 atom stereocenters. The lowest BCUT2D eigenvalue weighted by Gasteiger charge is -2.15. The molecule has 0 spiro atoms. The van der Waals surface area contributed by atoms with Crippen molar-refractivity contribution in [2.75, 3.05) is 19.6 Å². The van der Waals surface area contributed by atoms with Crippen LogP contribution in [0.5, 0.6) is 0 Å². The van der Waals surface area contributed by atoms with E-state index in [4.69, 9.17) is 0 Å². The van der Waals surface area contributed by atoms with Gasteiger partial charge in [0.25, 0.3) is 5.91 Å². The van der Waals surface area contributed by atoms with Gasteiger partial charge >= 0.3 is 0 Å². The van der Waals surface area contributed by atoms with Crippen LogP contribution in [0.25, 0.3) is 0 Å². The predicted octanol–water partition coefficient (Wildman–Crippen LogP) is 2.58. The Bertz CT molecular complexity index is 876. The number of nitrogens with one attached hydrogen (secondary N) is 1. The molecule has 0 saturated carbocycles. The van der Waals surface area contributed by atoms with E-state index in [-0.39, 0.29) is 5.56 Å². The second kappa shape index (κ2) is 7.97. The Hall–Kier alpha value is -2.25. The zero-order chi connectivity index (χ0) is 18.6. The van der Waals surface area contributed by atoms with Gasteiger partial charge in [0.15, 0.2) is 0 Å². The van der Waals surface area contributed by atoms with Crippen LogP contribution in [0.3, 0.4) is 0 Å². The van der Waals surface area contributed by atoms with Crippen LogP contribution in [-0.4, -0.2) is 38.3 Å². The van der Waals surface area contributed by atoms with Gasteiger partial charge in [-0.15, -0.1) is 0 Å². The van der Waals surface area contributed by atoms with E-state index in [1.54, 1.807) is 30.3 Å². The molecule has 0 bridgehead atoms. The van der Waals surface area contributed by atoms with Crippen LogP contribution in [-0.2, 0) is 16.4 Å². The molecule has 0 unspecified atom stereocenters. The minimum atomic E-state index is -3.41. The zero-order valence-electron chi connectivity index (χ0n) is 14.3. The summed E-state index contributed by atoms with van der Waals surface area (Å²) in [7, 11) is -3.41. The molecule has 26 heavy (non-hydrogen) atoms. The minimum absolute atomic E-state index is 0.0135. The fourth-order valence-electron chi connectivity index (χ4n) is 2.97. The first-order chi connectivity index (χ1) is 12.5. The van der Waals surface area contributed by atoms with Crippen LogP contribution in [0.15, 0.2) is 53.4 Å². The van der Waals surface area contributed by atoms with E-state index in [9.17, 15) is 17.6 Å². The highest BCUT2D eigenvalue weighted by atomic mass is 32.2. The van der Waals surface area contributed by atoms with Gasteiger partial charge in [-0.25, -0.2) is 12.8 Å². The molecular formula is C19H21FN2O3S.